The maximum Gasteiger partial charge on any atom is 0.222 e. The van der Waals surface area contributed by atoms with E-state index in [9.17, 15) is 9.59 Å². The highest BCUT2D eigenvalue weighted by Crippen LogP contribution is 2.19. The number of carbonyl (C=O) groups excluding carboxylic acids is 2. The number of anilines is 1. The van der Waals surface area contributed by atoms with Gasteiger partial charge in [-0.3, -0.25) is 9.59 Å². The number of rotatable bonds is 7. The number of hydrogen-bond acceptors (Lipinski definition) is 4. The van der Waals surface area contributed by atoms with Crippen molar-refractivity contribution < 1.29 is 14.3 Å². The van der Waals surface area contributed by atoms with E-state index in [2.05, 4.69) is 20.8 Å². The molecule has 1 heterocycles. The molecule has 148 valence electrons. The number of ether oxygens (including phenoxy) is 1. The predicted molar refractivity (Wildman–Crippen MR) is 114 cm³/mol. The summed E-state index contributed by atoms with van der Waals surface area (Å²) in [5.74, 6) is 1.07. The summed E-state index contributed by atoms with van der Waals surface area (Å²) in [5, 5.41) is 0. The Bertz CT molecular complexity index is 815. The third kappa shape index (κ3) is 5.58. The molecule has 6 heteroatoms. The van der Waals surface area contributed by atoms with Crippen molar-refractivity contribution >= 4 is 33.3 Å². The number of Topliss-reactive ketones (excluding diaryl/α,β-unsaturated/α-hetero) is 1. The van der Waals surface area contributed by atoms with Crippen LogP contribution in [0.3, 0.4) is 0 Å². The lowest BCUT2D eigenvalue weighted by atomic mass is 10.1. The summed E-state index contributed by atoms with van der Waals surface area (Å²) in [6.07, 6.45) is 1.21. The van der Waals surface area contributed by atoms with E-state index in [4.69, 9.17) is 4.74 Å². The van der Waals surface area contributed by atoms with Gasteiger partial charge in [0.05, 0.1) is 6.61 Å². The molecule has 5 nitrogen and oxygen atoms in total. The summed E-state index contributed by atoms with van der Waals surface area (Å²) < 4.78 is 6.67. The quantitative estimate of drug-likeness (QED) is 0.475. The Hall–Kier alpha value is -2.34. The maximum absolute atomic E-state index is 12.4. The van der Waals surface area contributed by atoms with Gasteiger partial charge < -0.3 is 14.5 Å². The Morgan fingerprint density at radius 2 is 1.75 bits per heavy atom. The largest absolute Gasteiger partial charge is 0.494 e. The topological polar surface area (TPSA) is 49.9 Å². The van der Waals surface area contributed by atoms with Crippen LogP contribution in [-0.2, 0) is 4.79 Å². The molecule has 2 aromatic rings. The monoisotopic (exact) mass is 444 g/mol. The van der Waals surface area contributed by atoms with Crippen LogP contribution in [0.2, 0.25) is 0 Å². The standard InChI is InChI=1S/C22H25BrN2O3/c1-17(26)18-7-9-20(10-8-18)24-11-13-25(14-12-24)22(27)6-3-15-28-21-5-2-4-19(23)16-21/h2,4-5,7-10,16H,3,6,11-15H2,1H3. The third-order valence-corrected chi connectivity index (χ3v) is 5.36. The van der Waals surface area contributed by atoms with Gasteiger partial charge in [0.1, 0.15) is 5.75 Å². The molecule has 0 spiro atoms. The van der Waals surface area contributed by atoms with Crippen LogP contribution >= 0.6 is 15.9 Å². The fourth-order valence-electron chi connectivity index (χ4n) is 3.25. The van der Waals surface area contributed by atoms with Crippen molar-refractivity contribution in [3.8, 4) is 5.75 Å². The minimum Gasteiger partial charge on any atom is -0.494 e. The van der Waals surface area contributed by atoms with Crippen LogP contribution in [-0.4, -0.2) is 49.4 Å². The Balaban J connectivity index is 1.39. The molecule has 0 aromatic heterocycles. The van der Waals surface area contributed by atoms with Crippen molar-refractivity contribution in [3.05, 3.63) is 58.6 Å². The van der Waals surface area contributed by atoms with Gasteiger partial charge >= 0.3 is 0 Å². The molecule has 0 bridgehead atoms. The Labute approximate surface area is 174 Å². The average Bonchev–Trinajstić information content (AvgIpc) is 2.71. The lowest BCUT2D eigenvalue weighted by Gasteiger charge is -2.36. The summed E-state index contributed by atoms with van der Waals surface area (Å²) in [6, 6.07) is 15.4. The fraction of sp³-hybridized carbons (Fsp3) is 0.364. The second-order valence-corrected chi connectivity index (χ2v) is 7.80. The highest BCUT2D eigenvalue weighted by molar-refractivity contribution is 9.10. The number of nitrogens with zero attached hydrogens (tertiary/aromatic N) is 2. The van der Waals surface area contributed by atoms with Crippen molar-refractivity contribution in [1.29, 1.82) is 0 Å². The lowest BCUT2D eigenvalue weighted by Crippen LogP contribution is -2.48. The van der Waals surface area contributed by atoms with Crippen LogP contribution < -0.4 is 9.64 Å². The van der Waals surface area contributed by atoms with Crippen molar-refractivity contribution in [1.82, 2.24) is 4.90 Å². The minimum atomic E-state index is 0.0749. The zero-order valence-electron chi connectivity index (χ0n) is 16.1. The molecule has 0 radical (unpaired) electrons. The SMILES string of the molecule is CC(=O)c1ccc(N2CCN(C(=O)CCCOc3cccc(Br)c3)CC2)cc1. The first-order chi connectivity index (χ1) is 13.5. The highest BCUT2D eigenvalue weighted by Gasteiger charge is 2.21. The molecular formula is C22H25BrN2O3. The number of piperazine rings is 1. The van der Waals surface area contributed by atoms with Gasteiger partial charge in [0.15, 0.2) is 5.78 Å². The van der Waals surface area contributed by atoms with Gasteiger partial charge in [-0.25, -0.2) is 0 Å². The summed E-state index contributed by atoms with van der Waals surface area (Å²) >= 11 is 3.42. The van der Waals surface area contributed by atoms with Gasteiger partial charge in [0.2, 0.25) is 5.91 Å². The van der Waals surface area contributed by atoms with E-state index in [0.717, 1.165) is 47.7 Å². The summed E-state index contributed by atoms with van der Waals surface area (Å²) in [4.78, 5) is 28.0. The van der Waals surface area contributed by atoms with Crippen molar-refractivity contribution in [2.24, 2.45) is 0 Å². The molecular weight excluding hydrogens is 420 g/mol. The van der Waals surface area contributed by atoms with E-state index in [-0.39, 0.29) is 11.7 Å². The van der Waals surface area contributed by atoms with Crippen LogP contribution in [0.15, 0.2) is 53.0 Å². The second kappa shape index (κ2) is 9.73. The molecule has 1 amide bonds. The highest BCUT2D eigenvalue weighted by atomic mass is 79.9. The van der Waals surface area contributed by atoms with E-state index in [1.54, 1.807) is 6.92 Å². The van der Waals surface area contributed by atoms with Crippen LogP contribution in [0.4, 0.5) is 5.69 Å². The third-order valence-electron chi connectivity index (χ3n) is 4.87. The Morgan fingerprint density at radius 1 is 1.04 bits per heavy atom. The molecule has 0 aliphatic carbocycles. The minimum absolute atomic E-state index is 0.0749. The van der Waals surface area contributed by atoms with Gasteiger partial charge in [-0.05, 0) is 55.8 Å². The molecule has 28 heavy (non-hydrogen) atoms. The van der Waals surface area contributed by atoms with Gasteiger partial charge in [-0.15, -0.1) is 0 Å². The molecule has 0 N–H and O–H groups in total. The number of carbonyl (C=O) groups is 2. The smallest absolute Gasteiger partial charge is 0.222 e. The Morgan fingerprint density at radius 3 is 2.39 bits per heavy atom. The first-order valence-corrected chi connectivity index (χ1v) is 10.3. The first-order valence-electron chi connectivity index (χ1n) is 9.55. The summed E-state index contributed by atoms with van der Waals surface area (Å²) in [7, 11) is 0. The van der Waals surface area contributed by atoms with Crippen LogP contribution in [0.25, 0.3) is 0 Å². The van der Waals surface area contributed by atoms with Gasteiger partial charge in [-0.1, -0.05) is 22.0 Å². The first kappa shape index (κ1) is 20.4. The normalized spacial score (nSPS) is 14.1. The summed E-state index contributed by atoms with van der Waals surface area (Å²) in [5.41, 5.74) is 1.82. The average molecular weight is 445 g/mol. The van der Waals surface area contributed by atoms with Crippen LogP contribution in [0.1, 0.15) is 30.1 Å². The fourth-order valence-corrected chi connectivity index (χ4v) is 3.63. The maximum atomic E-state index is 12.4. The molecule has 2 aromatic carbocycles. The molecule has 1 aliphatic heterocycles. The van der Waals surface area contributed by atoms with Gasteiger partial charge in [0.25, 0.3) is 0 Å². The number of ketones is 1. The van der Waals surface area contributed by atoms with E-state index < -0.39 is 0 Å². The summed E-state index contributed by atoms with van der Waals surface area (Å²) in [6.45, 7) is 5.16. The van der Waals surface area contributed by atoms with Crippen LogP contribution in [0.5, 0.6) is 5.75 Å². The molecule has 1 saturated heterocycles. The zero-order chi connectivity index (χ0) is 19.9. The number of amides is 1. The van der Waals surface area contributed by atoms with E-state index in [1.807, 2.05) is 53.4 Å². The van der Waals surface area contributed by atoms with Gasteiger partial charge in [-0.2, -0.15) is 0 Å². The molecule has 0 atom stereocenters. The predicted octanol–water partition coefficient (Wildman–Crippen LogP) is 4.16. The van der Waals surface area contributed by atoms with E-state index in [1.165, 1.54) is 0 Å². The molecule has 3 rings (SSSR count). The van der Waals surface area contributed by atoms with Crippen molar-refractivity contribution in [3.63, 3.8) is 0 Å². The zero-order valence-corrected chi connectivity index (χ0v) is 17.7. The number of benzene rings is 2. The lowest BCUT2D eigenvalue weighted by molar-refractivity contribution is -0.131. The molecule has 0 saturated carbocycles. The van der Waals surface area contributed by atoms with E-state index in [0.29, 0.717) is 19.4 Å². The van der Waals surface area contributed by atoms with Crippen molar-refractivity contribution in [2.75, 3.05) is 37.7 Å². The van der Waals surface area contributed by atoms with E-state index >= 15 is 0 Å². The number of halogens is 1. The Kier molecular flexibility index (Phi) is 7.09. The molecule has 1 fully saturated rings. The van der Waals surface area contributed by atoms with Crippen molar-refractivity contribution in [2.45, 2.75) is 19.8 Å². The number of hydrogen-bond donors (Lipinski definition) is 0. The molecule has 0 unspecified atom stereocenters. The second-order valence-electron chi connectivity index (χ2n) is 6.88. The molecule has 1 aliphatic rings. The van der Waals surface area contributed by atoms with Crippen LogP contribution in [0, 0.1) is 0 Å². The van der Waals surface area contributed by atoms with Gasteiger partial charge in [0, 0.05) is 48.3 Å².